The van der Waals surface area contributed by atoms with Crippen molar-refractivity contribution in [2.45, 2.75) is 31.6 Å². The molecule has 1 amide bonds. The number of para-hydroxylation sites is 1. The molecule has 0 aliphatic carbocycles. The van der Waals surface area contributed by atoms with Gasteiger partial charge in [0.2, 0.25) is 0 Å². The van der Waals surface area contributed by atoms with Gasteiger partial charge in [0.15, 0.2) is 5.78 Å². The summed E-state index contributed by atoms with van der Waals surface area (Å²) in [6.07, 6.45) is -0.148. The molecule has 2 aliphatic rings. The highest BCUT2D eigenvalue weighted by molar-refractivity contribution is 5.96. The predicted octanol–water partition coefficient (Wildman–Crippen LogP) is 4.57. The van der Waals surface area contributed by atoms with Crippen LogP contribution in [-0.4, -0.2) is 43.2 Å². The summed E-state index contributed by atoms with van der Waals surface area (Å²) in [5.41, 5.74) is 2.31. The fraction of sp³-hybridized carbons (Fsp3) is 0.286. The van der Waals surface area contributed by atoms with Crippen molar-refractivity contribution in [2.75, 3.05) is 13.2 Å². The highest BCUT2D eigenvalue weighted by Crippen LogP contribution is 2.34. The van der Waals surface area contributed by atoms with Gasteiger partial charge in [0.25, 0.3) is 5.91 Å². The predicted molar refractivity (Wildman–Crippen MR) is 127 cm³/mol. The van der Waals surface area contributed by atoms with Crippen LogP contribution >= 0.6 is 0 Å². The molecule has 2 fully saturated rings. The first kappa shape index (κ1) is 22.3. The number of benzene rings is 3. The van der Waals surface area contributed by atoms with E-state index in [9.17, 15) is 9.59 Å². The number of aryl methyl sites for hydroxylation is 1. The van der Waals surface area contributed by atoms with E-state index in [-0.39, 0.29) is 35.9 Å². The molecule has 174 valence electrons. The number of fused-ring (bicyclic) bond motifs is 1. The summed E-state index contributed by atoms with van der Waals surface area (Å²) < 4.78 is 17.8. The molecule has 2 heterocycles. The van der Waals surface area contributed by atoms with E-state index < -0.39 is 0 Å². The summed E-state index contributed by atoms with van der Waals surface area (Å²) in [5.74, 6) is 1.15. The quantitative estimate of drug-likeness (QED) is 0.526. The van der Waals surface area contributed by atoms with Crippen molar-refractivity contribution in [3.05, 3.63) is 95.6 Å². The van der Waals surface area contributed by atoms with Crippen molar-refractivity contribution in [1.29, 1.82) is 0 Å². The van der Waals surface area contributed by atoms with E-state index in [0.29, 0.717) is 36.5 Å². The molecule has 0 spiro atoms. The van der Waals surface area contributed by atoms with Gasteiger partial charge in [-0.05, 0) is 43.3 Å². The Hall–Kier alpha value is -3.48. The Kier molecular flexibility index (Phi) is 6.43. The minimum Gasteiger partial charge on any atom is -0.457 e. The minimum atomic E-state index is -0.250. The molecule has 2 aliphatic heterocycles. The molecule has 3 aromatic rings. The largest absolute Gasteiger partial charge is 0.457 e. The smallest absolute Gasteiger partial charge is 0.251 e. The van der Waals surface area contributed by atoms with E-state index in [2.05, 4.69) is 5.32 Å². The van der Waals surface area contributed by atoms with Crippen molar-refractivity contribution >= 4 is 11.7 Å². The third-order valence-electron chi connectivity index (χ3n) is 6.37. The van der Waals surface area contributed by atoms with Gasteiger partial charge in [-0.25, -0.2) is 0 Å². The van der Waals surface area contributed by atoms with E-state index >= 15 is 0 Å². The number of ether oxygens (including phenoxy) is 3. The molecule has 0 bridgehead atoms. The lowest BCUT2D eigenvalue weighted by molar-refractivity contribution is 0.0591. The van der Waals surface area contributed by atoms with Gasteiger partial charge in [-0.2, -0.15) is 0 Å². The van der Waals surface area contributed by atoms with E-state index in [1.54, 1.807) is 12.1 Å². The summed E-state index contributed by atoms with van der Waals surface area (Å²) in [5, 5.41) is 3.03. The van der Waals surface area contributed by atoms with Crippen LogP contribution in [0.1, 0.15) is 32.7 Å². The van der Waals surface area contributed by atoms with Crippen LogP contribution in [0.3, 0.4) is 0 Å². The third-order valence-corrected chi connectivity index (χ3v) is 6.37. The summed E-state index contributed by atoms with van der Waals surface area (Å²) in [6, 6.07) is 23.9. The van der Waals surface area contributed by atoms with E-state index in [1.165, 1.54) is 0 Å². The summed E-state index contributed by atoms with van der Waals surface area (Å²) >= 11 is 0. The topological polar surface area (TPSA) is 73.9 Å². The second kappa shape index (κ2) is 9.79. The molecule has 6 nitrogen and oxygen atoms in total. The first-order valence-electron chi connectivity index (χ1n) is 11.5. The Labute approximate surface area is 198 Å². The van der Waals surface area contributed by atoms with Crippen LogP contribution in [0.4, 0.5) is 0 Å². The molecule has 0 saturated carbocycles. The van der Waals surface area contributed by atoms with Crippen LogP contribution in [0.15, 0.2) is 78.9 Å². The van der Waals surface area contributed by atoms with Crippen LogP contribution in [0.2, 0.25) is 0 Å². The van der Waals surface area contributed by atoms with E-state index in [1.807, 2.05) is 73.7 Å². The maximum Gasteiger partial charge on any atom is 0.251 e. The molecule has 2 saturated heterocycles. The van der Waals surface area contributed by atoms with Gasteiger partial charge in [0.05, 0.1) is 25.4 Å². The van der Waals surface area contributed by atoms with Crippen LogP contribution < -0.4 is 10.1 Å². The van der Waals surface area contributed by atoms with Gasteiger partial charge < -0.3 is 19.5 Å². The third kappa shape index (κ3) is 4.88. The second-order valence-corrected chi connectivity index (χ2v) is 8.87. The number of amides is 1. The maximum atomic E-state index is 13.0. The number of carbonyl (C=O) groups is 2. The molecular formula is C28H27NO5. The molecule has 34 heavy (non-hydrogen) atoms. The minimum absolute atomic E-state index is 0.0171. The lowest BCUT2D eigenvalue weighted by atomic mass is 9.92. The Morgan fingerprint density at radius 3 is 2.38 bits per heavy atom. The Morgan fingerprint density at radius 2 is 1.59 bits per heavy atom. The molecule has 4 atom stereocenters. The summed E-state index contributed by atoms with van der Waals surface area (Å²) in [6.45, 7) is 2.79. The highest BCUT2D eigenvalue weighted by atomic mass is 16.6. The van der Waals surface area contributed by atoms with Gasteiger partial charge in [0.1, 0.15) is 17.6 Å². The lowest BCUT2D eigenvalue weighted by Crippen LogP contribution is -2.44. The number of Topliss-reactive ketones (excluding diaryl/α,β-unsaturated/α-hetero) is 1. The first-order chi connectivity index (χ1) is 16.6. The summed E-state index contributed by atoms with van der Waals surface area (Å²) in [4.78, 5) is 25.6. The standard InChI is InChI=1S/C28H27NO5/c1-18-10-12-19(13-11-18)28(31)29-24-17-33-26-21(16-32-27(24)26)15-25(30)20-6-5-9-23(14-20)34-22-7-3-2-4-8-22/h2-14,21,24,26-27H,15-17H2,1H3,(H,29,31). The maximum absolute atomic E-state index is 13.0. The monoisotopic (exact) mass is 457 g/mol. The average Bonchev–Trinajstić information content (AvgIpc) is 3.43. The van der Waals surface area contributed by atoms with Crippen molar-refractivity contribution in [3.63, 3.8) is 0 Å². The van der Waals surface area contributed by atoms with Crippen molar-refractivity contribution in [1.82, 2.24) is 5.32 Å². The van der Waals surface area contributed by atoms with E-state index in [0.717, 1.165) is 11.3 Å². The number of hydrogen-bond acceptors (Lipinski definition) is 5. The van der Waals surface area contributed by atoms with Crippen molar-refractivity contribution < 1.29 is 23.8 Å². The van der Waals surface area contributed by atoms with Gasteiger partial charge in [-0.3, -0.25) is 9.59 Å². The lowest BCUT2D eigenvalue weighted by Gasteiger charge is -2.18. The zero-order valence-electron chi connectivity index (χ0n) is 19.0. The van der Waals surface area contributed by atoms with E-state index in [4.69, 9.17) is 14.2 Å². The van der Waals surface area contributed by atoms with Gasteiger partial charge in [0, 0.05) is 23.5 Å². The zero-order valence-corrected chi connectivity index (χ0v) is 19.0. The second-order valence-electron chi connectivity index (χ2n) is 8.87. The van der Waals surface area contributed by atoms with Crippen molar-refractivity contribution in [3.8, 4) is 11.5 Å². The van der Waals surface area contributed by atoms with Crippen LogP contribution in [-0.2, 0) is 9.47 Å². The van der Waals surface area contributed by atoms with Gasteiger partial charge in [-0.1, -0.05) is 48.0 Å². The normalized spacial score (nSPS) is 23.3. The number of rotatable bonds is 7. The SMILES string of the molecule is Cc1ccc(C(=O)NC2COC3C(CC(=O)c4cccc(Oc5ccccc5)c4)COC23)cc1. The van der Waals surface area contributed by atoms with Gasteiger partial charge >= 0.3 is 0 Å². The Balaban J connectivity index is 1.19. The van der Waals surface area contributed by atoms with Crippen LogP contribution in [0.25, 0.3) is 0 Å². The number of nitrogens with one attached hydrogen (secondary N) is 1. The first-order valence-corrected chi connectivity index (χ1v) is 11.5. The molecule has 1 N–H and O–H groups in total. The molecule has 0 aromatic heterocycles. The molecule has 0 radical (unpaired) electrons. The molecule has 5 rings (SSSR count). The van der Waals surface area contributed by atoms with Crippen LogP contribution in [0, 0.1) is 12.8 Å². The number of ketones is 1. The molecule has 6 heteroatoms. The van der Waals surface area contributed by atoms with Crippen molar-refractivity contribution in [2.24, 2.45) is 5.92 Å². The Morgan fingerprint density at radius 1 is 0.853 bits per heavy atom. The Bertz CT molecular complexity index is 1160. The highest BCUT2D eigenvalue weighted by Gasteiger charge is 2.48. The van der Waals surface area contributed by atoms with Crippen LogP contribution in [0.5, 0.6) is 11.5 Å². The molecule has 4 unspecified atom stereocenters. The number of hydrogen-bond donors (Lipinski definition) is 1. The summed E-state index contributed by atoms with van der Waals surface area (Å²) in [7, 11) is 0. The zero-order chi connectivity index (χ0) is 23.5. The number of carbonyl (C=O) groups excluding carboxylic acids is 2. The average molecular weight is 458 g/mol. The molecule has 3 aromatic carbocycles. The fourth-order valence-corrected chi connectivity index (χ4v) is 4.55. The molecular weight excluding hydrogens is 430 g/mol. The fourth-order valence-electron chi connectivity index (χ4n) is 4.55. The van der Waals surface area contributed by atoms with Gasteiger partial charge in [-0.15, -0.1) is 0 Å².